The van der Waals surface area contributed by atoms with E-state index in [1.165, 1.54) is 0 Å². The molecular formula is C17H23N3O3. The van der Waals surface area contributed by atoms with Crippen molar-refractivity contribution in [1.82, 2.24) is 15.1 Å². The molecule has 1 atom stereocenters. The summed E-state index contributed by atoms with van der Waals surface area (Å²) >= 11 is 0. The predicted molar refractivity (Wildman–Crippen MR) is 86.5 cm³/mol. The Balaban J connectivity index is 1.55. The molecule has 0 spiro atoms. The highest BCUT2D eigenvalue weighted by molar-refractivity contribution is 5.94. The third-order valence-corrected chi connectivity index (χ3v) is 4.63. The van der Waals surface area contributed by atoms with Crippen LogP contribution in [0.2, 0.25) is 0 Å². The highest BCUT2D eigenvalue weighted by Gasteiger charge is 2.30. The summed E-state index contributed by atoms with van der Waals surface area (Å²) in [6, 6.07) is 7.14. The number of ether oxygens (including phenoxy) is 1. The van der Waals surface area contributed by atoms with Gasteiger partial charge in [-0.25, -0.2) is 0 Å². The molecule has 0 bridgehead atoms. The maximum absolute atomic E-state index is 12.5. The first-order chi connectivity index (χ1) is 11.2. The number of nitrogens with zero attached hydrogens (tertiary/aromatic N) is 2. The lowest BCUT2D eigenvalue weighted by molar-refractivity contribution is -0.136. The number of hydrogen-bond donors (Lipinski definition) is 1. The van der Waals surface area contributed by atoms with Gasteiger partial charge in [0.2, 0.25) is 5.91 Å². The van der Waals surface area contributed by atoms with Gasteiger partial charge < -0.3 is 19.9 Å². The van der Waals surface area contributed by atoms with E-state index in [2.05, 4.69) is 5.32 Å². The molecule has 1 aromatic rings. The van der Waals surface area contributed by atoms with Crippen molar-refractivity contribution in [3.8, 4) is 5.75 Å². The molecule has 2 amide bonds. The Morgan fingerprint density at radius 2 is 1.74 bits per heavy atom. The molecule has 1 N–H and O–H groups in total. The van der Waals surface area contributed by atoms with E-state index in [1.807, 2.05) is 9.80 Å². The smallest absolute Gasteiger partial charge is 0.253 e. The summed E-state index contributed by atoms with van der Waals surface area (Å²) < 4.78 is 5.11. The highest BCUT2D eigenvalue weighted by Crippen LogP contribution is 2.16. The van der Waals surface area contributed by atoms with Crippen molar-refractivity contribution in [2.75, 3.05) is 46.4 Å². The normalized spacial score (nSPS) is 21.3. The molecule has 2 saturated heterocycles. The molecule has 2 heterocycles. The number of benzene rings is 1. The fourth-order valence-electron chi connectivity index (χ4n) is 3.17. The average molecular weight is 317 g/mol. The fraction of sp³-hybridized carbons (Fsp3) is 0.529. The van der Waals surface area contributed by atoms with Crippen molar-refractivity contribution >= 4 is 11.8 Å². The van der Waals surface area contributed by atoms with Crippen molar-refractivity contribution in [2.45, 2.75) is 6.42 Å². The molecule has 1 unspecified atom stereocenters. The van der Waals surface area contributed by atoms with E-state index in [9.17, 15) is 9.59 Å². The Labute approximate surface area is 136 Å². The summed E-state index contributed by atoms with van der Waals surface area (Å²) in [6.45, 7) is 4.14. The van der Waals surface area contributed by atoms with Gasteiger partial charge in [0, 0.05) is 38.3 Å². The van der Waals surface area contributed by atoms with Crippen LogP contribution in [0, 0.1) is 5.92 Å². The van der Waals surface area contributed by atoms with E-state index in [0.717, 1.165) is 25.3 Å². The van der Waals surface area contributed by atoms with Crippen molar-refractivity contribution in [2.24, 2.45) is 5.92 Å². The standard InChI is InChI=1S/C17H23N3O3/c1-23-15-4-2-13(3-5-15)16(21)19-8-10-20(11-9-19)17(22)14-6-7-18-12-14/h2-5,14,18H,6-12H2,1H3. The molecule has 2 fully saturated rings. The Morgan fingerprint density at radius 3 is 2.30 bits per heavy atom. The maximum atomic E-state index is 12.5. The molecule has 124 valence electrons. The van der Waals surface area contributed by atoms with Crippen LogP contribution in [0.1, 0.15) is 16.8 Å². The molecular weight excluding hydrogens is 294 g/mol. The molecule has 0 aliphatic carbocycles. The number of piperazine rings is 1. The van der Waals surface area contributed by atoms with Gasteiger partial charge in [-0.3, -0.25) is 9.59 Å². The van der Waals surface area contributed by atoms with Gasteiger partial charge >= 0.3 is 0 Å². The molecule has 6 heteroatoms. The predicted octanol–water partition coefficient (Wildman–Crippen LogP) is 0.589. The van der Waals surface area contributed by atoms with E-state index in [4.69, 9.17) is 4.74 Å². The highest BCUT2D eigenvalue weighted by atomic mass is 16.5. The van der Waals surface area contributed by atoms with Crippen molar-refractivity contribution in [1.29, 1.82) is 0 Å². The van der Waals surface area contributed by atoms with Crippen LogP contribution in [0.3, 0.4) is 0 Å². The molecule has 2 aliphatic rings. The van der Waals surface area contributed by atoms with Crippen LogP contribution in [0.5, 0.6) is 5.75 Å². The molecule has 2 aliphatic heterocycles. The summed E-state index contributed by atoms with van der Waals surface area (Å²) in [7, 11) is 1.60. The molecule has 6 nitrogen and oxygen atoms in total. The average Bonchev–Trinajstić information content (AvgIpc) is 3.15. The fourth-order valence-corrected chi connectivity index (χ4v) is 3.17. The maximum Gasteiger partial charge on any atom is 0.253 e. The lowest BCUT2D eigenvalue weighted by Crippen LogP contribution is -2.52. The van der Waals surface area contributed by atoms with Crippen molar-refractivity contribution in [3.63, 3.8) is 0 Å². The molecule has 0 aromatic heterocycles. The second-order valence-electron chi connectivity index (χ2n) is 6.04. The van der Waals surface area contributed by atoms with Crippen LogP contribution >= 0.6 is 0 Å². The second kappa shape index (κ2) is 7.00. The molecule has 0 saturated carbocycles. The Kier molecular flexibility index (Phi) is 4.81. The zero-order valence-corrected chi connectivity index (χ0v) is 13.5. The van der Waals surface area contributed by atoms with Gasteiger partial charge in [-0.15, -0.1) is 0 Å². The zero-order chi connectivity index (χ0) is 16.2. The number of methoxy groups -OCH3 is 1. The summed E-state index contributed by atoms with van der Waals surface area (Å²) in [5.74, 6) is 1.09. The van der Waals surface area contributed by atoms with E-state index in [1.54, 1.807) is 31.4 Å². The lowest BCUT2D eigenvalue weighted by atomic mass is 10.1. The van der Waals surface area contributed by atoms with Crippen molar-refractivity contribution < 1.29 is 14.3 Å². The van der Waals surface area contributed by atoms with Gasteiger partial charge in [0.15, 0.2) is 0 Å². The Morgan fingerprint density at radius 1 is 1.09 bits per heavy atom. The third kappa shape index (κ3) is 3.47. The number of amides is 2. The number of rotatable bonds is 3. The van der Waals surface area contributed by atoms with Crippen LogP contribution in [0.4, 0.5) is 0 Å². The first-order valence-corrected chi connectivity index (χ1v) is 8.12. The van der Waals surface area contributed by atoms with Crippen LogP contribution < -0.4 is 10.1 Å². The summed E-state index contributed by atoms with van der Waals surface area (Å²) in [6.07, 6.45) is 0.920. The number of carbonyl (C=O) groups is 2. The van der Waals surface area contributed by atoms with Gasteiger partial charge in [-0.1, -0.05) is 0 Å². The van der Waals surface area contributed by atoms with E-state index in [0.29, 0.717) is 31.7 Å². The van der Waals surface area contributed by atoms with Gasteiger partial charge in [-0.05, 0) is 37.2 Å². The van der Waals surface area contributed by atoms with E-state index >= 15 is 0 Å². The minimum atomic E-state index is 0.0160. The third-order valence-electron chi connectivity index (χ3n) is 4.63. The molecule has 3 rings (SSSR count). The first-order valence-electron chi connectivity index (χ1n) is 8.12. The number of carbonyl (C=O) groups excluding carboxylic acids is 2. The number of hydrogen-bond acceptors (Lipinski definition) is 4. The van der Waals surface area contributed by atoms with Crippen LogP contribution in [-0.2, 0) is 4.79 Å². The minimum Gasteiger partial charge on any atom is -0.497 e. The van der Waals surface area contributed by atoms with Gasteiger partial charge in [0.1, 0.15) is 5.75 Å². The van der Waals surface area contributed by atoms with E-state index in [-0.39, 0.29) is 17.7 Å². The van der Waals surface area contributed by atoms with E-state index < -0.39 is 0 Å². The van der Waals surface area contributed by atoms with Crippen LogP contribution in [0.15, 0.2) is 24.3 Å². The zero-order valence-electron chi connectivity index (χ0n) is 13.5. The lowest BCUT2D eigenvalue weighted by Gasteiger charge is -2.36. The quantitative estimate of drug-likeness (QED) is 0.886. The number of nitrogens with one attached hydrogen (secondary N) is 1. The molecule has 1 aromatic carbocycles. The summed E-state index contributed by atoms with van der Waals surface area (Å²) in [4.78, 5) is 28.6. The Bertz CT molecular complexity index is 559. The van der Waals surface area contributed by atoms with Crippen LogP contribution in [0.25, 0.3) is 0 Å². The minimum absolute atomic E-state index is 0.0160. The monoisotopic (exact) mass is 317 g/mol. The molecule has 0 radical (unpaired) electrons. The Hall–Kier alpha value is -2.08. The summed E-state index contributed by atoms with van der Waals surface area (Å²) in [5, 5.41) is 3.23. The van der Waals surface area contributed by atoms with Gasteiger partial charge in [0.25, 0.3) is 5.91 Å². The molecule has 23 heavy (non-hydrogen) atoms. The van der Waals surface area contributed by atoms with Gasteiger partial charge in [0.05, 0.1) is 13.0 Å². The SMILES string of the molecule is COc1ccc(C(=O)N2CCN(C(=O)C3CCNC3)CC2)cc1. The second-order valence-corrected chi connectivity index (χ2v) is 6.04. The first kappa shape index (κ1) is 15.8. The summed E-state index contributed by atoms with van der Waals surface area (Å²) in [5.41, 5.74) is 0.658. The van der Waals surface area contributed by atoms with Crippen LogP contribution in [-0.4, -0.2) is 68.0 Å². The largest absolute Gasteiger partial charge is 0.497 e. The van der Waals surface area contributed by atoms with Gasteiger partial charge in [-0.2, -0.15) is 0 Å². The van der Waals surface area contributed by atoms with Crippen molar-refractivity contribution in [3.05, 3.63) is 29.8 Å². The topological polar surface area (TPSA) is 61.9 Å².